The Kier molecular flexibility index (Phi) is 4.91. The van der Waals surface area contributed by atoms with Crippen molar-refractivity contribution in [1.82, 2.24) is 5.43 Å². The molecule has 0 spiro atoms. The van der Waals surface area contributed by atoms with Crippen LogP contribution in [0.1, 0.15) is 42.0 Å². The van der Waals surface area contributed by atoms with Crippen LogP contribution in [0.3, 0.4) is 0 Å². The topological polar surface area (TPSA) is 81.4 Å². The summed E-state index contributed by atoms with van der Waals surface area (Å²) in [4.78, 5) is 0. The second-order valence-electron chi connectivity index (χ2n) is 5.72. The summed E-state index contributed by atoms with van der Waals surface area (Å²) in [6.07, 6.45) is 2.33. The van der Waals surface area contributed by atoms with E-state index in [4.69, 9.17) is 10.6 Å². The van der Waals surface area contributed by atoms with Crippen molar-refractivity contribution in [2.45, 2.75) is 44.4 Å². The lowest BCUT2D eigenvalue weighted by molar-refractivity contribution is 0.410. The molecule has 0 aromatic heterocycles. The quantitative estimate of drug-likeness (QED) is 0.654. The highest BCUT2D eigenvalue weighted by molar-refractivity contribution is 7.92. The molecular weight excluding hydrogens is 288 g/mol. The molecule has 21 heavy (non-hydrogen) atoms. The highest BCUT2D eigenvalue weighted by atomic mass is 32.2. The number of nitrogens with two attached hydrogens (primary N) is 1. The SMILES string of the molecule is COc1cc(C)c(C(NN)C2CCCCS2(=O)=O)cc1C. The first-order valence-corrected chi connectivity index (χ1v) is 8.95. The van der Waals surface area contributed by atoms with Crippen molar-refractivity contribution in [3.63, 3.8) is 0 Å². The van der Waals surface area contributed by atoms with Gasteiger partial charge < -0.3 is 4.74 Å². The summed E-state index contributed by atoms with van der Waals surface area (Å²) >= 11 is 0. The van der Waals surface area contributed by atoms with Crippen LogP contribution in [0.4, 0.5) is 0 Å². The summed E-state index contributed by atoms with van der Waals surface area (Å²) in [5.41, 5.74) is 5.63. The highest BCUT2D eigenvalue weighted by Gasteiger charge is 2.36. The van der Waals surface area contributed by atoms with Crippen molar-refractivity contribution >= 4 is 9.84 Å². The Morgan fingerprint density at radius 1 is 1.29 bits per heavy atom. The van der Waals surface area contributed by atoms with Gasteiger partial charge in [-0.15, -0.1) is 0 Å². The van der Waals surface area contributed by atoms with Gasteiger partial charge in [-0.3, -0.25) is 11.3 Å². The van der Waals surface area contributed by atoms with E-state index >= 15 is 0 Å². The number of methoxy groups -OCH3 is 1. The van der Waals surface area contributed by atoms with Gasteiger partial charge in [0.15, 0.2) is 9.84 Å². The summed E-state index contributed by atoms with van der Waals surface area (Å²) in [5.74, 6) is 6.76. The number of aryl methyl sites for hydroxylation is 2. The lowest BCUT2D eigenvalue weighted by Crippen LogP contribution is -2.43. The standard InChI is InChI=1S/C15H24N2O3S/c1-10-9-13(20-3)11(2)8-12(10)15(17-16)14-6-4-5-7-21(14,18)19/h8-9,14-15,17H,4-7,16H2,1-3H3. The third kappa shape index (κ3) is 3.22. The maximum Gasteiger partial charge on any atom is 0.155 e. The van der Waals surface area contributed by atoms with Gasteiger partial charge in [0.25, 0.3) is 0 Å². The Morgan fingerprint density at radius 2 is 2.00 bits per heavy atom. The molecule has 0 aliphatic carbocycles. The van der Waals surface area contributed by atoms with Gasteiger partial charge in [0.05, 0.1) is 24.2 Å². The van der Waals surface area contributed by atoms with Crippen molar-refractivity contribution in [2.24, 2.45) is 5.84 Å². The molecule has 0 amide bonds. The van der Waals surface area contributed by atoms with Gasteiger partial charge >= 0.3 is 0 Å². The van der Waals surface area contributed by atoms with Gasteiger partial charge in [0.2, 0.25) is 0 Å². The predicted molar refractivity (Wildman–Crippen MR) is 84.0 cm³/mol. The molecule has 118 valence electrons. The fraction of sp³-hybridized carbons (Fsp3) is 0.600. The van der Waals surface area contributed by atoms with E-state index < -0.39 is 15.1 Å². The first-order valence-electron chi connectivity index (χ1n) is 7.23. The van der Waals surface area contributed by atoms with Crippen LogP contribution in [0.5, 0.6) is 5.75 Å². The molecule has 1 aliphatic heterocycles. The molecule has 2 atom stereocenters. The van der Waals surface area contributed by atoms with Gasteiger partial charge in [0, 0.05) is 0 Å². The van der Waals surface area contributed by atoms with E-state index in [-0.39, 0.29) is 11.8 Å². The number of hydrogen-bond acceptors (Lipinski definition) is 5. The zero-order valence-electron chi connectivity index (χ0n) is 12.8. The summed E-state index contributed by atoms with van der Waals surface area (Å²) < 4.78 is 30.0. The summed E-state index contributed by atoms with van der Waals surface area (Å²) in [5, 5.41) is -0.456. The average Bonchev–Trinajstić information content (AvgIpc) is 2.44. The van der Waals surface area contributed by atoms with Gasteiger partial charge in [-0.05, 0) is 49.4 Å². The molecule has 2 unspecified atom stereocenters. The molecule has 1 heterocycles. The summed E-state index contributed by atoms with van der Waals surface area (Å²) in [6, 6.07) is 3.53. The van der Waals surface area contributed by atoms with Crippen LogP contribution in [0.15, 0.2) is 12.1 Å². The molecule has 1 aromatic carbocycles. The summed E-state index contributed by atoms with van der Waals surface area (Å²) in [6.45, 7) is 3.90. The maximum absolute atomic E-state index is 12.4. The lowest BCUT2D eigenvalue weighted by Gasteiger charge is -2.31. The Bertz CT molecular complexity index is 614. The second kappa shape index (κ2) is 6.34. The van der Waals surface area contributed by atoms with Crippen LogP contribution < -0.4 is 16.0 Å². The zero-order valence-corrected chi connectivity index (χ0v) is 13.7. The normalized spacial score (nSPS) is 22.8. The molecule has 0 saturated carbocycles. The smallest absolute Gasteiger partial charge is 0.155 e. The first-order chi connectivity index (χ1) is 9.90. The van der Waals surface area contributed by atoms with Gasteiger partial charge in [-0.25, -0.2) is 8.42 Å². The Balaban J connectivity index is 2.44. The van der Waals surface area contributed by atoms with Gasteiger partial charge in [-0.1, -0.05) is 12.5 Å². The second-order valence-corrected chi connectivity index (χ2v) is 8.06. The van der Waals surface area contributed by atoms with E-state index in [0.29, 0.717) is 6.42 Å². The largest absolute Gasteiger partial charge is 0.496 e. The van der Waals surface area contributed by atoms with Crippen molar-refractivity contribution in [2.75, 3.05) is 12.9 Å². The lowest BCUT2D eigenvalue weighted by atomic mass is 9.94. The number of benzene rings is 1. The summed E-state index contributed by atoms with van der Waals surface area (Å²) in [7, 11) is -1.47. The number of nitrogens with one attached hydrogen (secondary N) is 1. The molecule has 1 fully saturated rings. The molecular formula is C15H24N2O3S. The molecule has 1 aromatic rings. The van der Waals surface area contributed by atoms with Gasteiger partial charge in [-0.2, -0.15) is 0 Å². The Hall–Kier alpha value is -1.11. The van der Waals surface area contributed by atoms with Crippen molar-refractivity contribution < 1.29 is 13.2 Å². The van der Waals surface area contributed by atoms with Crippen LogP contribution in [0.2, 0.25) is 0 Å². The average molecular weight is 312 g/mol. The van der Waals surface area contributed by atoms with Crippen LogP contribution in [-0.4, -0.2) is 26.5 Å². The minimum atomic E-state index is -3.10. The molecule has 1 saturated heterocycles. The zero-order chi connectivity index (χ0) is 15.6. The number of rotatable bonds is 4. The van der Waals surface area contributed by atoms with Crippen LogP contribution in [0.25, 0.3) is 0 Å². The van der Waals surface area contributed by atoms with E-state index in [9.17, 15) is 8.42 Å². The van der Waals surface area contributed by atoms with E-state index in [1.807, 2.05) is 26.0 Å². The Labute approximate surface area is 126 Å². The fourth-order valence-electron chi connectivity index (χ4n) is 3.12. The van der Waals surface area contributed by atoms with Crippen LogP contribution >= 0.6 is 0 Å². The molecule has 2 rings (SSSR count). The minimum Gasteiger partial charge on any atom is -0.496 e. The Morgan fingerprint density at radius 3 is 2.57 bits per heavy atom. The van der Waals surface area contributed by atoms with Crippen molar-refractivity contribution in [1.29, 1.82) is 0 Å². The maximum atomic E-state index is 12.4. The molecule has 1 aliphatic rings. The van der Waals surface area contributed by atoms with E-state index in [2.05, 4.69) is 5.43 Å². The minimum absolute atomic E-state index is 0.254. The monoisotopic (exact) mass is 312 g/mol. The fourth-order valence-corrected chi connectivity index (χ4v) is 5.19. The molecule has 5 nitrogen and oxygen atoms in total. The van der Waals surface area contributed by atoms with E-state index in [1.165, 1.54) is 0 Å². The molecule has 0 bridgehead atoms. The number of sulfone groups is 1. The van der Waals surface area contributed by atoms with Gasteiger partial charge in [0.1, 0.15) is 5.75 Å². The van der Waals surface area contributed by atoms with Crippen molar-refractivity contribution in [3.8, 4) is 5.75 Å². The van der Waals surface area contributed by atoms with E-state index in [0.717, 1.165) is 35.3 Å². The number of hydrazine groups is 1. The number of hydrogen-bond donors (Lipinski definition) is 2. The molecule has 6 heteroatoms. The van der Waals surface area contributed by atoms with Crippen LogP contribution in [0, 0.1) is 13.8 Å². The molecule has 3 N–H and O–H groups in total. The highest BCUT2D eigenvalue weighted by Crippen LogP contribution is 2.34. The first kappa shape index (κ1) is 16.3. The predicted octanol–water partition coefficient (Wildman–Crippen LogP) is 1.78. The van der Waals surface area contributed by atoms with Crippen molar-refractivity contribution in [3.05, 3.63) is 28.8 Å². The molecule has 0 radical (unpaired) electrons. The number of ether oxygens (including phenoxy) is 1. The van der Waals surface area contributed by atoms with Crippen LogP contribution in [-0.2, 0) is 9.84 Å². The van der Waals surface area contributed by atoms with E-state index in [1.54, 1.807) is 7.11 Å². The third-order valence-electron chi connectivity index (χ3n) is 4.30. The third-order valence-corrected chi connectivity index (χ3v) is 6.59.